The Morgan fingerprint density at radius 2 is 2.37 bits per heavy atom. The summed E-state index contributed by atoms with van der Waals surface area (Å²) in [6.07, 6.45) is 1.69. The van der Waals surface area contributed by atoms with Crippen LogP contribution in [0.4, 0.5) is 5.82 Å². The molecule has 2 rings (SSSR count). The van der Waals surface area contributed by atoms with Gasteiger partial charge in [-0.05, 0) is 17.7 Å². The molecule has 106 valence electrons. The van der Waals surface area contributed by atoms with Crippen LogP contribution in [0.25, 0.3) is 0 Å². The van der Waals surface area contributed by atoms with Crippen molar-refractivity contribution in [2.24, 2.45) is 5.73 Å². The summed E-state index contributed by atoms with van der Waals surface area (Å²) in [7, 11) is -3.10. The summed E-state index contributed by atoms with van der Waals surface area (Å²) in [6.45, 7) is 2.83. The lowest BCUT2D eigenvalue weighted by atomic mass is 10.2. The Morgan fingerprint density at radius 3 is 3.05 bits per heavy atom. The maximum Gasteiger partial charge on any atom is 0.171 e. The fourth-order valence-electron chi connectivity index (χ4n) is 2.08. The number of rotatable bonds is 4. The van der Waals surface area contributed by atoms with E-state index in [2.05, 4.69) is 4.98 Å². The van der Waals surface area contributed by atoms with Crippen LogP contribution >= 0.6 is 11.8 Å². The van der Waals surface area contributed by atoms with Crippen molar-refractivity contribution >= 4 is 27.4 Å². The lowest BCUT2D eigenvalue weighted by Crippen LogP contribution is -2.48. The molecule has 1 aliphatic rings. The number of hydrogen-bond donors (Lipinski definition) is 1. The van der Waals surface area contributed by atoms with Crippen LogP contribution in [-0.4, -0.2) is 42.6 Å². The minimum Gasteiger partial charge on any atom is -0.338 e. The van der Waals surface area contributed by atoms with Crippen LogP contribution in [-0.2, 0) is 16.4 Å². The first-order chi connectivity index (χ1) is 9.08. The van der Waals surface area contributed by atoms with Crippen LogP contribution in [0.1, 0.15) is 12.5 Å². The normalized spacial score (nSPS) is 20.5. The van der Waals surface area contributed by atoms with E-state index >= 15 is 0 Å². The second-order valence-corrected chi connectivity index (χ2v) is 8.00. The molecule has 0 aromatic carbocycles. The summed E-state index contributed by atoms with van der Waals surface area (Å²) in [5.41, 5.74) is 6.59. The van der Waals surface area contributed by atoms with Gasteiger partial charge in [0.2, 0.25) is 0 Å². The Hall–Kier alpha value is -0.790. The maximum atomic E-state index is 12.2. The molecule has 1 fully saturated rings. The van der Waals surface area contributed by atoms with Crippen molar-refractivity contribution in [3.8, 4) is 0 Å². The van der Waals surface area contributed by atoms with Gasteiger partial charge in [0.05, 0.1) is 0 Å². The quantitative estimate of drug-likeness (QED) is 0.888. The minimum absolute atomic E-state index is 0.158. The highest BCUT2D eigenvalue weighted by Gasteiger charge is 2.33. The van der Waals surface area contributed by atoms with Crippen LogP contribution < -0.4 is 10.6 Å². The van der Waals surface area contributed by atoms with E-state index in [0.29, 0.717) is 24.7 Å². The standard InChI is InChI=1S/C12H19N3O2S2/c1-2-19(16,17)12-9-18-6-5-15(12)11-7-10(8-13)3-4-14-11/h3-4,7,12H,2,5-6,8-9,13H2,1H3. The molecule has 0 radical (unpaired) electrons. The number of hydrogen-bond acceptors (Lipinski definition) is 6. The molecule has 1 aliphatic heterocycles. The van der Waals surface area contributed by atoms with Gasteiger partial charge in [-0.15, -0.1) is 0 Å². The van der Waals surface area contributed by atoms with E-state index in [4.69, 9.17) is 5.73 Å². The summed E-state index contributed by atoms with van der Waals surface area (Å²) in [5.74, 6) is 2.39. The van der Waals surface area contributed by atoms with Crippen LogP contribution in [0.15, 0.2) is 18.3 Å². The highest BCUT2D eigenvalue weighted by atomic mass is 32.2. The SMILES string of the molecule is CCS(=O)(=O)C1CSCCN1c1cc(CN)ccn1. The third-order valence-corrected chi connectivity index (χ3v) is 6.53. The number of aromatic nitrogens is 1. The van der Waals surface area contributed by atoms with Crippen LogP contribution in [0.3, 0.4) is 0 Å². The second kappa shape index (κ2) is 6.11. The maximum absolute atomic E-state index is 12.2. The topological polar surface area (TPSA) is 76.3 Å². The van der Waals surface area contributed by atoms with Crippen LogP contribution in [0.2, 0.25) is 0 Å². The summed E-state index contributed by atoms with van der Waals surface area (Å²) in [5, 5.41) is -0.475. The van der Waals surface area contributed by atoms with Gasteiger partial charge in [-0.3, -0.25) is 0 Å². The van der Waals surface area contributed by atoms with Gasteiger partial charge >= 0.3 is 0 Å². The number of nitrogens with zero attached hydrogens (tertiary/aromatic N) is 2. The number of anilines is 1. The summed E-state index contributed by atoms with van der Waals surface area (Å²) in [6, 6.07) is 3.74. The highest BCUT2D eigenvalue weighted by molar-refractivity contribution is 8.01. The van der Waals surface area contributed by atoms with Crippen molar-refractivity contribution in [2.45, 2.75) is 18.8 Å². The Labute approximate surface area is 118 Å². The lowest BCUT2D eigenvalue weighted by molar-refractivity contribution is 0.579. The van der Waals surface area contributed by atoms with Gasteiger partial charge in [0, 0.05) is 36.5 Å². The van der Waals surface area contributed by atoms with Crippen molar-refractivity contribution in [3.05, 3.63) is 23.9 Å². The van der Waals surface area contributed by atoms with Crippen LogP contribution in [0.5, 0.6) is 0 Å². The van der Waals surface area contributed by atoms with Crippen molar-refractivity contribution in [2.75, 3.05) is 28.7 Å². The van der Waals surface area contributed by atoms with Gasteiger partial charge in [0.1, 0.15) is 11.2 Å². The number of pyridine rings is 1. The van der Waals surface area contributed by atoms with Gasteiger partial charge in [0.15, 0.2) is 9.84 Å². The van der Waals surface area contributed by atoms with E-state index < -0.39 is 15.2 Å². The van der Waals surface area contributed by atoms with Crippen molar-refractivity contribution < 1.29 is 8.42 Å². The Bertz CT molecular complexity index is 534. The first-order valence-corrected chi connectivity index (χ1v) is 9.16. The molecule has 0 bridgehead atoms. The minimum atomic E-state index is -3.10. The first kappa shape index (κ1) is 14.6. The third-order valence-electron chi connectivity index (χ3n) is 3.24. The van der Waals surface area contributed by atoms with E-state index in [0.717, 1.165) is 11.3 Å². The molecular weight excluding hydrogens is 282 g/mol. The van der Waals surface area contributed by atoms with Gasteiger partial charge < -0.3 is 10.6 Å². The molecular formula is C12H19N3O2S2. The largest absolute Gasteiger partial charge is 0.338 e. The van der Waals surface area contributed by atoms with E-state index in [1.165, 1.54) is 0 Å². The average Bonchev–Trinajstić information content (AvgIpc) is 2.47. The Morgan fingerprint density at radius 1 is 1.58 bits per heavy atom. The summed E-state index contributed by atoms with van der Waals surface area (Å²) < 4.78 is 24.4. The molecule has 0 amide bonds. The molecule has 1 unspecified atom stereocenters. The molecule has 0 saturated carbocycles. The van der Waals surface area contributed by atoms with Crippen molar-refractivity contribution in [1.29, 1.82) is 0 Å². The van der Waals surface area contributed by atoms with Crippen molar-refractivity contribution in [3.63, 3.8) is 0 Å². The smallest absolute Gasteiger partial charge is 0.171 e. The van der Waals surface area contributed by atoms with Gasteiger partial charge in [-0.2, -0.15) is 11.8 Å². The van der Waals surface area contributed by atoms with E-state index in [-0.39, 0.29) is 5.75 Å². The fourth-order valence-corrected chi connectivity index (χ4v) is 5.06. The molecule has 1 saturated heterocycles. The summed E-state index contributed by atoms with van der Waals surface area (Å²) >= 11 is 1.68. The van der Waals surface area contributed by atoms with E-state index in [1.54, 1.807) is 24.9 Å². The highest BCUT2D eigenvalue weighted by Crippen LogP contribution is 2.26. The molecule has 2 heterocycles. The zero-order chi connectivity index (χ0) is 13.9. The average molecular weight is 301 g/mol. The molecule has 1 aromatic rings. The molecule has 0 aliphatic carbocycles. The van der Waals surface area contributed by atoms with Crippen LogP contribution in [0, 0.1) is 0 Å². The molecule has 2 N–H and O–H groups in total. The van der Waals surface area contributed by atoms with E-state index in [1.807, 2.05) is 17.0 Å². The molecule has 1 aromatic heterocycles. The zero-order valence-electron chi connectivity index (χ0n) is 10.9. The molecule has 7 heteroatoms. The van der Waals surface area contributed by atoms with Crippen molar-refractivity contribution in [1.82, 2.24) is 4.98 Å². The number of thioether (sulfide) groups is 1. The lowest BCUT2D eigenvalue weighted by Gasteiger charge is -2.35. The number of sulfone groups is 1. The summed E-state index contributed by atoms with van der Waals surface area (Å²) in [4.78, 5) is 6.20. The Kier molecular flexibility index (Phi) is 4.70. The first-order valence-electron chi connectivity index (χ1n) is 6.29. The zero-order valence-corrected chi connectivity index (χ0v) is 12.6. The van der Waals surface area contributed by atoms with Gasteiger partial charge in [-0.1, -0.05) is 6.92 Å². The molecule has 5 nitrogen and oxygen atoms in total. The monoisotopic (exact) mass is 301 g/mol. The molecule has 1 atom stereocenters. The second-order valence-electron chi connectivity index (χ2n) is 4.40. The van der Waals surface area contributed by atoms with Gasteiger partial charge in [0.25, 0.3) is 0 Å². The predicted octanol–water partition coefficient (Wildman–Crippen LogP) is 0.854. The number of nitrogens with two attached hydrogens (primary N) is 1. The Balaban J connectivity index is 2.34. The fraction of sp³-hybridized carbons (Fsp3) is 0.583. The third kappa shape index (κ3) is 3.21. The predicted molar refractivity (Wildman–Crippen MR) is 80.0 cm³/mol. The molecule has 0 spiro atoms. The van der Waals surface area contributed by atoms with E-state index in [9.17, 15) is 8.42 Å². The molecule has 19 heavy (non-hydrogen) atoms. The van der Waals surface area contributed by atoms with Gasteiger partial charge in [-0.25, -0.2) is 13.4 Å².